The largest absolute Gasteiger partial charge is 0.492 e. The van der Waals surface area contributed by atoms with Crippen LogP contribution < -0.4 is 19.5 Å². The zero-order valence-electron chi connectivity index (χ0n) is 11.6. The van der Waals surface area contributed by atoms with Gasteiger partial charge >= 0.3 is 0 Å². The van der Waals surface area contributed by atoms with Gasteiger partial charge in [0, 0.05) is 12.6 Å². The van der Waals surface area contributed by atoms with E-state index in [0.717, 1.165) is 0 Å². The average molecular weight is 300 g/mol. The molecule has 0 fully saturated rings. The first-order chi connectivity index (χ1) is 10.8. The highest BCUT2D eigenvalue weighted by molar-refractivity contribution is 5.57. The van der Waals surface area contributed by atoms with Crippen LogP contribution in [0.25, 0.3) is 0 Å². The Balaban J connectivity index is 1.54. The van der Waals surface area contributed by atoms with Gasteiger partial charge in [-0.1, -0.05) is 6.07 Å². The van der Waals surface area contributed by atoms with Crippen LogP contribution in [0.5, 0.6) is 17.2 Å². The molecular weight excluding hydrogens is 287 g/mol. The van der Waals surface area contributed by atoms with Crippen LogP contribution in [0, 0.1) is 17.1 Å². The molecule has 0 spiro atoms. The fourth-order valence-corrected chi connectivity index (χ4v) is 2.11. The highest BCUT2D eigenvalue weighted by Crippen LogP contribution is 2.35. The molecule has 2 aromatic carbocycles. The molecule has 0 atom stereocenters. The third kappa shape index (κ3) is 2.88. The summed E-state index contributed by atoms with van der Waals surface area (Å²) in [5, 5.41) is 11.9. The number of fused-ring (bicyclic) bond motifs is 1. The summed E-state index contributed by atoms with van der Waals surface area (Å²) >= 11 is 0. The average Bonchev–Trinajstić information content (AvgIpc) is 2.99. The molecule has 0 aromatic heterocycles. The molecule has 0 saturated carbocycles. The van der Waals surface area contributed by atoms with E-state index >= 15 is 0 Å². The second-order valence-corrected chi connectivity index (χ2v) is 4.56. The van der Waals surface area contributed by atoms with Crippen LogP contribution in [0.4, 0.5) is 10.1 Å². The quantitative estimate of drug-likeness (QED) is 0.860. The maximum absolute atomic E-state index is 13.4. The van der Waals surface area contributed by atoms with Gasteiger partial charge in [0.2, 0.25) is 6.79 Å². The van der Waals surface area contributed by atoms with Gasteiger partial charge in [-0.25, -0.2) is 4.39 Å². The Bertz CT molecular complexity index is 728. The molecule has 22 heavy (non-hydrogen) atoms. The molecule has 0 saturated heterocycles. The Kier molecular flexibility index (Phi) is 3.97. The zero-order chi connectivity index (χ0) is 15.4. The molecule has 1 aliphatic rings. The second-order valence-electron chi connectivity index (χ2n) is 4.56. The Morgan fingerprint density at radius 2 is 2.09 bits per heavy atom. The Hall–Kier alpha value is -2.94. The maximum Gasteiger partial charge on any atom is 0.231 e. The summed E-state index contributed by atoms with van der Waals surface area (Å²) in [7, 11) is 0. The van der Waals surface area contributed by atoms with Crippen LogP contribution in [-0.2, 0) is 0 Å². The van der Waals surface area contributed by atoms with E-state index in [-0.39, 0.29) is 12.4 Å². The summed E-state index contributed by atoms with van der Waals surface area (Å²) in [5.41, 5.74) is 0.461. The molecule has 0 aliphatic carbocycles. The number of hydrogen-bond acceptors (Lipinski definition) is 5. The lowest BCUT2D eigenvalue weighted by Gasteiger charge is -2.10. The predicted molar refractivity (Wildman–Crippen MR) is 77.7 cm³/mol. The summed E-state index contributed by atoms with van der Waals surface area (Å²) in [6.07, 6.45) is 0. The molecule has 0 unspecified atom stereocenters. The normalized spacial score (nSPS) is 11.8. The van der Waals surface area contributed by atoms with Crippen molar-refractivity contribution < 1.29 is 18.6 Å². The molecular formula is C16H13FN2O3. The van der Waals surface area contributed by atoms with Crippen molar-refractivity contribution in [3.05, 3.63) is 47.8 Å². The molecule has 1 N–H and O–H groups in total. The van der Waals surface area contributed by atoms with Crippen molar-refractivity contribution in [3.63, 3.8) is 0 Å². The van der Waals surface area contributed by atoms with E-state index in [1.165, 1.54) is 6.07 Å². The van der Waals surface area contributed by atoms with Gasteiger partial charge in [-0.3, -0.25) is 0 Å². The number of benzene rings is 2. The molecule has 0 amide bonds. The van der Waals surface area contributed by atoms with Crippen molar-refractivity contribution in [1.29, 1.82) is 5.26 Å². The van der Waals surface area contributed by atoms with E-state index < -0.39 is 5.82 Å². The van der Waals surface area contributed by atoms with E-state index in [2.05, 4.69) is 5.32 Å². The highest BCUT2D eigenvalue weighted by atomic mass is 19.1. The number of halogens is 1. The van der Waals surface area contributed by atoms with Crippen molar-refractivity contribution in [2.75, 3.05) is 25.3 Å². The number of nitriles is 1. The van der Waals surface area contributed by atoms with Crippen LogP contribution in [0.3, 0.4) is 0 Å². The molecule has 5 nitrogen and oxygen atoms in total. The van der Waals surface area contributed by atoms with Crippen LogP contribution in [0.15, 0.2) is 36.4 Å². The van der Waals surface area contributed by atoms with Crippen molar-refractivity contribution in [3.8, 4) is 23.3 Å². The van der Waals surface area contributed by atoms with Gasteiger partial charge in [0.05, 0.1) is 5.69 Å². The van der Waals surface area contributed by atoms with Gasteiger partial charge in [0.1, 0.15) is 29.8 Å². The fourth-order valence-electron chi connectivity index (χ4n) is 2.11. The zero-order valence-corrected chi connectivity index (χ0v) is 11.6. The van der Waals surface area contributed by atoms with Gasteiger partial charge < -0.3 is 19.5 Å². The van der Waals surface area contributed by atoms with Gasteiger partial charge in [-0.15, -0.1) is 0 Å². The van der Waals surface area contributed by atoms with Crippen molar-refractivity contribution in [2.45, 2.75) is 0 Å². The molecule has 3 rings (SSSR count). The van der Waals surface area contributed by atoms with E-state index in [1.807, 2.05) is 6.07 Å². The number of hydrogen-bond donors (Lipinski definition) is 1. The predicted octanol–water partition coefficient (Wildman–Crippen LogP) is 2.92. The minimum atomic E-state index is -0.538. The Morgan fingerprint density at radius 1 is 1.23 bits per heavy atom. The smallest absolute Gasteiger partial charge is 0.231 e. The first-order valence-corrected chi connectivity index (χ1v) is 6.73. The van der Waals surface area contributed by atoms with Crippen LogP contribution in [0.1, 0.15) is 5.56 Å². The van der Waals surface area contributed by atoms with E-state index in [4.69, 9.17) is 19.5 Å². The standard InChI is InChI=1S/C16H13FN2O3/c17-13-2-1-3-14(12(13)9-18)19-6-7-20-11-4-5-15-16(8-11)22-10-21-15/h1-5,8,19H,6-7,10H2. The molecule has 0 bridgehead atoms. The topological polar surface area (TPSA) is 63.5 Å². The minimum absolute atomic E-state index is 0.00517. The third-order valence-electron chi connectivity index (χ3n) is 3.16. The van der Waals surface area contributed by atoms with Crippen molar-refractivity contribution in [1.82, 2.24) is 0 Å². The molecule has 112 valence electrons. The Morgan fingerprint density at radius 3 is 2.95 bits per heavy atom. The summed E-state index contributed by atoms with van der Waals surface area (Å²) in [4.78, 5) is 0. The molecule has 2 aromatic rings. The first-order valence-electron chi connectivity index (χ1n) is 6.73. The van der Waals surface area contributed by atoms with Gasteiger partial charge in [-0.05, 0) is 24.3 Å². The molecule has 1 heterocycles. The summed E-state index contributed by atoms with van der Waals surface area (Å²) in [5.74, 6) is 1.47. The summed E-state index contributed by atoms with van der Waals surface area (Å²) in [6, 6.07) is 11.6. The summed E-state index contributed by atoms with van der Waals surface area (Å²) < 4.78 is 29.5. The van der Waals surface area contributed by atoms with Crippen LogP contribution >= 0.6 is 0 Å². The SMILES string of the molecule is N#Cc1c(F)cccc1NCCOc1ccc2c(c1)OCO2. The lowest BCUT2D eigenvalue weighted by atomic mass is 10.2. The number of anilines is 1. The van der Waals surface area contributed by atoms with Crippen molar-refractivity contribution >= 4 is 5.69 Å². The van der Waals surface area contributed by atoms with E-state index in [9.17, 15) is 4.39 Å². The monoisotopic (exact) mass is 300 g/mol. The van der Waals surface area contributed by atoms with E-state index in [0.29, 0.717) is 36.1 Å². The first kappa shape index (κ1) is 14.0. The minimum Gasteiger partial charge on any atom is -0.492 e. The molecule has 1 aliphatic heterocycles. The van der Waals surface area contributed by atoms with Crippen LogP contribution in [-0.4, -0.2) is 19.9 Å². The van der Waals surface area contributed by atoms with Gasteiger partial charge in [-0.2, -0.15) is 5.26 Å². The lowest BCUT2D eigenvalue weighted by Crippen LogP contribution is -2.12. The number of rotatable bonds is 5. The third-order valence-corrected chi connectivity index (χ3v) is 3.16. The maximum atomic E-state index is 13.4. The molecule has 0 radical (unpaired) electrons. The lowest BCUT2D eigenvalue weighted by molar-refractivity contribution is 0.174. The molecule has 6 heteroatoms. The van der Waals surface area contributed by atoms with Crippen molar-refractivity contribution in [2.24, 2.45) is 0 Å². The van der Waals surface area contributed by atoms with E-state index in [1.54, 1.807) is 30.3 Å². The van der Waals surface area contributed by atoms with Crippen LogP contribution in [0.2, 0.25) is 0 Å². The number of nitrogens with one attached hydrogen (secondary N) is 1. The Labute approximate surface area is 126 Å². The highest BCUT2D eigenvalue weighted by Gasteiger charge is 2.13. The number of nitrogens with zero attached hydrogens (tertiary/aromatic N) is 1. The second kappa shape index (κ2) is 6.22. The number of ether oxygens (including phenoxy) is 3. The summed E-state index contributed by atoms with van der Waals surface area (Å²) in [6.45, 7) is 1.02. The van der Waals surface area contributed by atoms with Gasteiger partial charge in [0.15, 0.2) is 11.5 Å². The van der Waals surface area contributed by atoms with Gasteiger partial charge in [0.25, 0.3) is 0 Å². The fraction of sp³-hybridized carbons (Fsp3) is 0.188.